The Morgan fingerprint density at radius 3 is 2.48 bits per heavy atom. The lowest BCUT2D eigenvalue weighted by Crippen LogP contribution is -2.26. The van der Waals surface area contributed by atoms with E-state index in [1.165, 1.54) is 0 Å². The Hall–Kier alpha value is -2.80. The van der Waals surface area contributed by atoms with E-state index in [0.717, 1.165) is 27.5 Å². The average molecular weight is 370 g/mol. The van der Waals surface area contributed by atoms with Gasteiger partial charge in [-0.1, -0.05) is 0 Å². The third-order valence-corrected chi connectivity index (χ3v) is 4.66. The molecule has 144 valence electrons. The summed E-state index contributed by atoms with van der Waals surface area (Å²) in [6.45, 7) is 5.16. The largest absolute Gasteiger partial charge is 0.493 e. The van der Waals surface area contributed by atoms with Gasteiger partial charge >= 0.3 is 0 Å². The van der Waals surface area contributed by atoms with E-state index in [1.807, 2.05) is 25.2 Å². The molecule has 2 heterocycles. The molecule has 0 aliphatic rings. The Morgan fingerprint density at radius 1 is 1.04 bits per heavy atom. The van der Waals surface area contributed by atoms with Crippen LogP contribution in [0.15, 0.2) is 24.4 Å². The molecule has 0 amide bonds. The van der Waals surface area contributed by atoms with E-state index in [1.54, 1.807) is 20.4 Å². The molecule has 7 nitrogen and oxygen atoms in total. The van der Waals surface area contributed by atoms with E-state index < -0.39 is 0 Å². The summed E-state index contributed by atoms with van der Waals surface area (Å²) in [5, 5.41) is 2.74. The molecule has 1 aromatic carbocycles. The van der Waals surface area contributed by atoms with Gasteiger partial charge in [-0.15, -0.1) is 0 Å². The number of pyridine rings is 2. The number of fused-ring (bicyclic) bond motifs is 3. The highest BCUT2D eigenvalue weighted by Gasteiger charge is 2.15. The zero-order valence-electron chi connectivity index (χ0n) is 16.4. The minimum Gasteiger partial charge on any atom is -0.493 e. The number of ether oxygens (including phenoxy) is 3. The van der Waals surface area contributed by atoms with Crippen LogP contribution in [0.2, 0.25) is 0 Å². The summed E-state index contributed by atoms with van der Waals surface area (Å²) in [7, 11) is 5.26. The standard InChI is InChI=1S/C20H26N4O3/c1-12(2)24(3)19-9-13-14-8-17(26-5)18(27-7-6-25-4)10-16(14)22-11-15(13)20(21)23-19/h8-12H,6-7H2,1-5H3,(H2,21,23). The van der Waals surface area contributed by atoms with Gasteiger partial charge in [0.05, 0.1) is 19.2 Å². The van der Waals surface area contributed by atoms with Crippen molar-refractivity contribution < 1.29 is 14.2 Å². The highest BCUT2D eigenvalue weighted by Crippen LogP contribution is 2.36. The fourth-order valence-corrected chi connectivity index (χ4v) is 2.88. The summed E-state index contributed by atoms with van der Waals surface area (Å²) in [5.74, 6) is 2.56. The van der Waals surface area contributed by atoms with Gasteiger partial charge in [0.25, 0.3) is 0 Å². The van der Waals surface area contributed by atoms with Crippen molar-refractivity contribution in [3.8, 4) is 11.5 Å². The SMILES string of the molecule is COCCOc1cc2ncc3c(N)nc(N(C)C(C)C)cc3c2cc1OC. The van der Waals surface area contributed by atoms with Crippen molar-refractivity contribution in [1.29, 1.82) is 0 Å². The van der Waals surface area contributed by atoms with Crippen LogP contribution >= 0.6 is 0 Å². The highest BCUT2D eigenvalue weighted by atomic mass is 16.5. The molecule has 7 heteroatoms. The number of anilines is 2. The van der Waals surface area contributed by atoms with Gasteiger partial charge in [0.2, 0.25) is 0 Å². The van der Waals surface area contributed by atoms with E-state index in [0.29, 0.717) is 36.6 Å². The quantitative estimate of drug-likeness (QED) is 0.505. The van der Waals surface area contributed by atoms with Crippen LogP contribution in [-0.4, -0.2) is 50.5 Å². The zero-order valence-corrected chi connectivity index (χ0v) is 16.4. The first-order valence-corrected chi connectivity index (χ1v) is 8.87. The van der Waals surface area contributed by atoms with Crippen molar-refractivity contribution in [2.24, 2.45) is 0 Å². The van der Waals surface area contributed by atoms with Crippen molar-refractivity contribution in [2.45, 2.75) is 19.9 Å². The second-order valence-electron chi connectivity index (χ2n) is 6.65. The Kier molecular flexibility index (Phi) is 5.51. The normalized spacial score (nSPS) is 11.3. The monoisotopic (exact) mass is 370 g/mol. The van der Waals surface area contributed by atoms with Crippen LogP contribution < -0.4 is 20.1 Å². The zero-order chi connectivity index (χ0) is 19.6. The minimum atomic E-state index is 0.303. The summed E-state index contributed by atoms with van der Waals surface area (Å²) in [6, 6.07) is 6.16. The van der Waals surface area contributed by atoms with Crippen LogP contribution in [-0.2, 0) is 4.74 Å². The summed E-state index contributed by atoms with van der Waals surface area (Å²) in [4.78, 5) is 11.2. The Labute approximate surface area is 159 Å². The lowest BCUT2D eigenvalue weighted by molar-refractivity contribution is 0.144. The van der Waals surface area contributed by atoms with E-state index >= 15 is 0 Å². The maximum absolute atomic E-state index is 6.22. The fraction of sp³-hybridized carbons (Fsp3) is 0.400. The van der Waals surface area contributed by atoms with E-state index in [2.05, 4.69) is 28.7 Å². The Balaban J connectivity index is 2.19. The molecule has 3 aromatic rings. The van der Waals surface area contributed by atoms with Crippen LogP contribution in [0.4, 0.5) is 11.6 Å². The Morgan fingerprint density at radius 2 is 1.81 bits per heavy atom. The molecule has 0 atom stereocenters. The molecule has 27 heavy (non-hydrogen) atoms. The van der Waals surface area contributed by atoms with Crippen LogP contribution in [0.5, 0.6) is 11.5 Å². The number of nitrogen functional groups attached to an aromatic ring is 1. The number of benzene rings is 1. The third kappa shape index (κ3) is 3.68. The first-order chi connectivity index (χ1) is 13.0. The first-order valence-electron chi connectivity index (χ1n) is 8.87. The van der Waals surface area contributed by atoms with E-state index in [9.17, 15) is 0 Å². The van der Waals surface area contributed by atoms with Gasteiger partial charge in [-0.25, -0.2) is 4.98 Å². The molecular weight excluding hydrogens is 344 g/mol. The number of methoxy groups -OCH3 is 2. The van der Waals surface area contributed by atoms with E-state index in [-0.39, 0.29) is 0 Å². The highest BCUT2D eigenvalue weighted by molar-refractivity contribution is 6.10. The predicted molar refractivity (Wildman–Crippen MR) is 109 cm³/mol. The molecule has 0 saturated heterocycles. The predicted octanol–water partition coefficient (Wildman–Crippen LogP) is 3.24. The number of rotatable bonds is 7. The van der Waals surface area contributed by atoms with Crippen molar-refractivity contribution >= 4 is 33.3 Å². The second-order valence-corrected chi connectivity index (χ2v) is 6.65. The van der Waals surface area contributed by atoms with E-state index in [4.69, 9.17) is 19.9 Å². The van der Waals surface area contributed by atoms with Crippen LogP contribution in [0, 0.1) is 0 Å². The maximum Gasteiger partial charge on any atom is 0.163 e. The summed E-state index contributed by atoms with van der Waals surface area (Å²) in [6.07, 6.45) is 1.75. The first kappa shape index (κ1) is 19.0. The molecule has 0 aliphatic heterocycles. The van der Waals surface area contributed by atoms with Crippen molar-refractivity contribution in [2.75, 3.05) is 45.1 Å². The van der Waals surface area contributed by atoms with Crippen molar-refractivity contribution in [3.05, 3.63) is 24.4 Å². The van der Waals surface area contributed by atoms with Gasteiger partial charge in [-0.2, -0.15) is 0 Å². The Bertz CT molecular complexity index is 959. The number of hydrogen-bond acceptors (Lipinski definition) is 7. The molecule has 0 aliphatic carbocycles. The second kappa shape index (κ2) is 7.84. The van der Waals surface area contributed by atoms with Gasteiger partial charge in [-0.05, 0) is 26.0 Å². The molecule has 0 unspecified atom stereocenters. The van der Waals surface area contributed by atoms with Gasteiger partial charge in [0.1, 0.15) is 18.2 Å². The molecule has 0 bridgehead atoms. The molecule has 0 saturated carbocycles. The molecule has 0 radical (unpaired) electrons. The average Bonchev–Trinajstić information content (AvgIpc) is 2.66. The molecular formula is C20H26N4O3. The molecule has 2 aromatic heterocycles. The fourth-order valence-electron chi connectivity index (χ4n) is 2.88. The third-order valence-electron chi connectivity index (χ3n) is 4.66. The van der Waals surface area contributed by atoms with Crippen molar-refractivity contribution in [3.63, 3.8) is 0 Å². The van der Waals surface area contributed by atoms with Gasteiger partial charge in [0.15, 0.2) is 11.5 Å². The minimum absolute atomic E-state index is 0.303. The maximum atomic E-state index is 6.22. The lowest BCUT2D eigenvalue weighted by Gasteiger charge is -2.23. The summed E-state index contributed by atoms with van der Waals surface area (Å²) < 4.78 is 16.3. The van der Waals surface area contributed by atoms with Crippen LogP contribution in [0.1, 0.15) is 13.8 Å². The molecule has 3 rings (SSSR count). The molecule has 0 spiro atoms. The summed E-state index contributed by atoms with van der Waals surface area (Å²) >= 11 is 0. The van der Waals surface area contributed by atoms with Gasteiger partial charge in [0, 0.05) is 48.6 Å². The van der Waals surface area contributed by atoms with Crippen molar-refractivity contribution in [1.82, 2.24) is 9.97 Å². The molecule has 0 fully saturated rings. The smallest absolute Gasteiger partial charge is 0.163 e. The molecule has 2 N–H and O–H groups in total. The lowest BCUT2D eigenvalue weighted by atomic mass is 10.1. The number of hydrogen-bond donors (Lipinski definition) is 1. The van der Waals surface area contributed by atoms with Gasteiger partial charge in [-0.3, -0.25) is 4.98 Å². The number of nitrogens with zero attached hydrogens (tertiary/aromatic N) is 3. The van der Waals surface area contributed by atoms with Crippen LogP contribution in [0.25, 0.3) is 21.7 Å². The number of nitrogens with two attached hydrogens (primary N) is 1. The van der Waals surface area contributed by atoms with Crippen LogP contribution in [0.3, 0.4) is 0 Å². The van der Waals surface area contributed by atoms with Gasteiger partial charge < -0.3 is 24.8 Å². The number of aromatic nitrogens is 2. The topological polar surface area (TPSA) is 82.7 Å². The summed E-state index contributed by atoms with van der Waals surface area (Å²) in [5.41, 5.74) is 7.02.